The van der Waals surface area contributed by atoms with Gasteiger partial charge in [0.2, 0.25) is 11.8 Å². The number of aryl methyl sites for hydroxylation is 1. The second kappa shape index (κ2) is 8.90. The lowest BCUT2D eigenvalue weighted by Crippen LogP contribution is -2.31. The van der Waals surface area contributed by atoms with Crippen molar-refractivity contribution in [2.24, 2.45) is 0 Å². The molecule has 2 aromatic carbocycles. The number of nitrogens with zero attached hydrogens (tertiary/aromatic N) is 6. The number of carbonyl (C=O) groups excluding carboxylic acids is 1. The van der Waals surface area contributed by atoms with Crippen LogP contribution in [0.15, 0.2) is 47.1 Å². The van der Waals surface area contributed by atoms with E-state index in [1.54, 1.807) is 30.5 Å². The van der Waals surface area contributed by atoms with Crippen LogP contribution in [0.2, 0.25) is 5.02 Å². The van der Waals surface area contributed by atoms with Gasteiger partial charge in [0.25, 0.3) is 5.91 Å². The van der Waals surface area contributed by atoms with Crippen molar-refractivity contribution in [2.75, 3.05) is 13.7 Å². The summed E-state index contributed by atoms with van der Waals surface area (Å²) in [6, 6.07) is 8.80. The minimum absolute atomic E-state index is 0.174. The zero-order chi connectivity index (χ0) is 23.8. The predicted molar refractivity (Wildman–Crippen MR) is 125 cm³/mol. The quantitative estimate of drug-likeness (QED) is 0.414. The minimum Gasteiger partial charge on any atom is -0.496 e. The van der Waals surface area contributed by atoms with Gasteiger partial charge in [0.15, 0.2) is 0 Å². The molecule has 1 amide bonds. The summed E-state index contributed by atoms with van der Waals surface area (Å²) in [6.07, 6.45) is 4.69. The third kappa shape index (κ3) is 3.81. The van der Waals surface area contributed by atoms with Crippen molar-refractivity contribution in [1.82, 2.24) is 30.1 Å². The molecule has 10 heteroatoms. The van der Waals surface area contributed by atoms with Crippen molar-refractivity contribution in [2.45, 2.75) is 32.7 Å². The average molecular weight is 479 g/mol. The van der Waals surface area contributed by atoms with Crippen LogP contribution in [0.5, 0.6) is 5.75 Å². The molecule has 1 atom stereocenters. The number of ether oxygens (including phenoxy) is 1. The molecule has 1 aliphatic heterocycles. The van der Waals surface area contributed by atoms with Gasteiger partial charge in [-0.1, -0.05) is 17.7 Å². The largest absolute Gasteiger partial charge is 0.496 e. The smallest absolute Gasteiger partial charge is 0.256 e. The van der Waals surface area contributed by atoms with Gasteiger partial charge in [0.05, 0.1) is 30.8 Å². The second-order valence-corrected chi connectivity index (χ2v) is 8.58. The number of halogens is 1. The fraction of sp³-hybridized carbons (Fsp3) is 0.292. The summed E-state index contributed by atoms with van der Waals surface area (Å²) in [5.41, 5.74) is 3.54. The van der Waals surface area contributed by atoms with Crippen LogP contribution < -0.4 is 4.74 Å². The summed E-state index contributed by atoms with van der Waals surface area (Å²) in [6.45, 7) is 4.39. The van der Waals surface area contributed by atoms with Crippen molar-refractivity contribution >= 4 is 17.5 Å². The van der Waals surface area contributed by atoms with Crippen molar-refractivity contribution in [1.29, 1.82) is 0 Å². The number of rotatable bonds is 5. The first-order valence-corrected chi connectivity index (χ1v) is 11.3. The van der Waals surface area contributed by atoms with Crippen molar-refractivity contribution in [3.8, 4) is 22.9 Å². The first-order valence-electron chi connectivity index (χ1n) is 10.9. The van der Waals surface area contributed by atoms with Crippen LogP contribution >= 0.6 is 11.6 Å². The Labute approximate surface area is 201 Å². The van der Waals surface area contributed by atoms with Gasteiger partial charge < -0.3 is 14.1 Å². The van der Waals surface area contributed by atoms with Gasteiger partial charge in [0.1, 0.15) is 11.8 Å². The molecule has 9 nitrogen and oxygen atoms in total. The van der Waals surface area contributed by atoms with Gasteiger partial charge in [-0.3, -0.25) is 4.79 Å². The summed E-state index contributed by atoms with van der Waals surface area (Å²) in [4.78, 5) is 17.0. The fourth-order valence-corrected chi connectivity index (χ4v) is 4.48. The molecule has 0 bridgehead atoms. The van der Waals surface area contributed by atoms with Gasteiger partial charge in [-0.15, -0.1) is 10.2 Å². The number of hydrogen-bond donors (Lipinski definition) is 0. The van der Waals surface area contributed by atoms with E-state index in [1.807, 2.05) is 38.1 Å². The molecule has 0 aliphatic carbocycles. The molecule has 1 aliphatic rings. The molecule has 0 saturated carbocycles. The number of hydrogen-bond acceptors (Lipinski definition) is 7. The maximum atomic E-state index is 13.8. The Morgan fingerprint density at radius 3 is 2.74 bits per heavy atom. The summed E-state index contributed by atoms with van der Waals surface area (Å²) in [5.74, 6) is 1.23. The zero-order valence-electron chi connectivity index (χ0n) is 19.0. The van der Waals surface area contributed by atoms with Gasteiger partial charge in [-0.05, 0) is 62.1 Å². The Kier molecular flexibility index (Phi) is 5.79. The maximum Gasteiger partial charge on any atom is 0.256 e. The molecule has 1 fully saturated rings. The highest BCUT2D eigenvalue weighted by Crippen LogP contribution is 2.36. The van der Waals surface area contributed by atoms with Crippen LogP contribution in [-0.4, -0.2) is 49.7 Å². The van der Waals surface area contributed by atoms with Gasteiger partial charge in [-0.25, -0.2) is 0 Å². The summed E-state index contributed by atoms with van der Waals surface area (Å²) >= 11 is 6.26. The molecule has 0 radical (unpaired) electrons. The van der Waals surface area contributed by atoms with Crippen LogP contribution in [-0.2, 0) is 0 Å². The van der Waals surface area contributed by atoms with E-state index in [1.165, 1.54) is 4.80 Å². The van der Waals surface area contributed by atoms with E-state index in [2.05, 4.69) is 20.4 Å². The number of carbonyl (C=O) groups is 1. The molecule has 174 valence electrons. The third-order valence-corrected chi connectivity index (χ3v) is 6.52. The summed E-state index contributed by atoms with van der Waals surface area (Å²) in [7, 11) is 1.58. The lowest BCUT2D eigenvalue weighted by Gasteiger charge is -2.23. The van der Waals surface area contributed by atoms with Gasteiger partial charge in [-0.2, -0.15) is 15.0 Å². The number of likely N-dealkylation sites (tertiary alicyclic amines) is 1. The second-order valence-electron chi connectivity index (χ2n) is 8.17. The maximum absolute atomic E-state index is 13.8. The molecular formula is C24H23ClN6O3. The van der Waals surface area contributed by atoms with Crippen LogP contribution in [0.4, 0.5) is 0 Å². The highest BCUT2D eigenvalue weighted by atomic mass is 35.5. The molecular weight excluding hydrogens is 456 g/mol. The Balaban J connectivity index is 1.50. The third-order valence-electron chi connectivity index (χ3n) is 6.12. The lowest BCUT2D eigenvalue weighted by molar-refractivity contribution is 0.0715. The van der Waals surface area contributed by atoms with Crippen molar-refractivity contribution in [3.05, 3.63) is 70.3 Å². The molecule has 2 aromatic heterocycles. The topological polar surface area (TPSA) is 99.2 Å². The highest BCUT2D eigenvalue weighted by molar-refractivity contribution is 6.31. The van der Waals surface area contributed by atoms with E-state index >= 15 is 0 Å². The Hall–Kier alpha value is -3.72. The zero-order valence-corrected chi connectivity index (χ0v) is 19.8. The van der Waals surface area contributed by atoms with Crippen LogP contribution in [0, 0.1) is 13.8 Å². The SMILES string of the molecule is COc1cc(C(=O)N2CCCC2c2nnc(-c3cccc(Cl)c3C)o2)c(-n2nccn2)cc1C. The standard InChI is InChI=1S/C24H23ClN6O3/c1-14-12-20(31-26-9-10-27-31)17(13-21(14)33-3)24(32)30-11-5-8-19(30)23-29-28-22(34-23)16-6-4-7-18(25)15(16)2/h4,6-7,9-10,12-13,19H,5,8,11H2,1-3H3. The summed E-state index contributed by atoms with van der Waals surface area (Å²) in [5, 5.41) is 17.6. The van der Waals surface area contributed by atoms with Gasteiger partial charge >= 0.3 is 0 Å². The molecule has 5 rings (SSSR count). The molecule has 0 N–H and O–H groups in total. The first kappa shape index (κ1) is 22.1. The Bertz CT molecular complexity index is 1350. The molecule has 34 heavy (non-hydrogen) atoms. The van der Waals surface area contributed by atoms with Crippen LogP contribution in [0.1, 0.15) is 46.3 Å². The summed E-state index contributed by atoms with van der Waals surface area (Å²) < 4.78 is 11.5. The monoisotopic (exact) mass is 478 g/mol. The number of aromatic nitrogens is 5. The predicted octanol–water partition coefficient (Wildman–Crippen LogP) is 4.57. The molecule has 3 heterocycles. The van der Waals surface area contributed by atoms with Gasteiger partial charge in [0, 0.05) is 17.1 Å². The first-order chi connectivity index (χ1) is 16.5. The van der Waals surface area contributed by atoms with E-state index in [-0.39, 0.29) is 11.9 Å². The lowest BCUT2D eigenvalue weighted by atomic mass is 10.1. The Morgan fingerprint density at radius 2 is 1.97 bits per heavy atom. The van der Waals surface area contributed by atoms with E-state index in [4.69, 9.17) is 20.8 Å². The van der Waals surface area contributed by atoms with Crippen molar-refractivity contribution in [3.63, 3.8) is 0 Å². The molecule has 1 unspecified atom stereocenters. The number of benzene rings is 2. The van der Waals surface area contributed by atoms with Crippen LogP contribution in [0.3, 0.4) is 0 Å². The van der Waals surface area contributed by atoms with E-state index < -0.39 is 0 Å². The number of methoxy groups -OCH3 is 1. The van der Waals surface area contributed by atoms with E-state index in [0.717, 1.165) is 29.5 Å². The normalized spacial score (nSPS) is 15.6. The minimum atomic E-state index is -0.334. The highest BCUT2D eigenvalue weighted by Gasteiger charge is 2.36. The van der Waals surface area contributed by atoms with Crippen LogP contribution in [0.25, 0.3) is 17.1 Å². The molecule has 4 aromatic rings. The average Bonchev–Trinajstić information content (AvgIpc) is 3.61. The Morgan fingerprint density at radius 1 is 1.18 bits per heavy atom. The molecule has 1 saturated heterocycles. The van der Waals surface area contributed by atoms with Crippen molar-refractivity contribution < 1.29 is 13.9 Å². The van der Waals surface area contributed by atoms with E-state index in [9.17, 15) is 4.79 Å². The van der Waals surface area contributed by atoms with E-state index in [0.29, 0.717) is 40.3 Å². The fourth-order valence-electron chi connectivity index (χ4n) is 4.31. The number of amides is 1. The molecule has 0 spiro atoms.